The molecule has 0 saturated heterocycles. The van der Waals surface area contributed by atoms with Crippen molar-refractivity contribution in [3.8, 4) is 17.1 Å². The second kappa shape index (κ2) is 10.8. The molecule has 0 spiro atoms. The number of ether oxygens (including phenoxy) is 1. The van der Waals surface area contributed by atoms with Gasteiger partial charge in [-0.15, -0.1) is 12.4 Å². The van der Waals surface area contributed by atoms with Crippen molar-refractivity contribution in [2.45, 2.75) is 12.8 Å². The van der Waals surface area contributed by atoms with E-state index in [9.17, 15) is 0 Å². The molecule has 0 bridgehead atoms. The Balaban J connectivity index is 0.00000261. The number of hydrogen-bond donors (Lipinski definition) is 3. The van der Waals surface area contributed by atoms with Crippen LogP contribution >= 0.6 is 12.4 Å². The number of nitrogens with zero attached hydrogens (tertiary/aromatic N) is 4. The Hall–Kier alpha value is -3.07. The average Bonchev–Trinajstić information content (AvgIpc) is 3.35. The highest BCUT2D eigenvalue weighted by atomic mass is 35.5. The van der Waals surface area contributed by atoms with Crippen LogP contribution in [0.3, 0.4) is 0 Å². The molecule has 1 aromatic carbocycles. The summed E-state index contributed by atoms with van der Waals surface area (Å²) in [5.41, 5.74) is 8.38. The van der Waals surface area contributed by atoms with Crippen molar-refractivity contribution in [2.75, 3.05) is 19.7 Å². The Bertz CT molecular complexity index is 806. The van der Waals surface area contributed by atoms with E-state index in [1.165, 1.54) is 0 Å². The monoisotopic (exact) mass is 391 g/mol. The van der Waals surface area contributed by atoms with E-state index in [4.69, 9.17) is 15.1 Å². The highest BCUT2D eigenvalue weighted by Gasteiger charge is 2.13. The van der Waals surface area contributed by atoms with Crippen molar-refractivity contribution in [1.82, 2.24) is 25.6 Å². The number of imidazole rings is 1. The van der Waals surface area contributed by atoms with Crippen LogP contribution in [0.1, 0.15) is 12.1 Å². The Labute approximate surface area is 162 Å². The van der Waals surface area contributed by atoms with Crippen molar-refractivity contribution in [1.29, 1.82) is 0 Å². The molecule has 0 amide bonds. The van der Waals surface area contributed by atoms with Crippen molar-refractivity contribution in [2.24, 2.45) is 10.7 Å². The summed E-state index contributed by atoms with van der Waals surface area (Å²) in [7, 11) is 0. The predicted molar refractivity (Wildman–Crippen MR) is 104 cm³/mol. The summed E-state index contributed by atoms with van der Waals surface area (Å²) in [5, 5.41) is 10.7. The van der Waals surface area contributed by atoms with Crippen molar-refractivity contribution < 1.29 is 9.37 Å². The zero-order valence-electron chi connectivity index (χ0n) is 14.7. The number of rotatable bonds is 9. The van der Waals surface area contributed by atoms with E-state index < -0.39 is 0 Å². The molecule has 2 aromatic heterocycles. The van der Waals surface area contributed by atoms with Gasteiger partial charge in [-0.05, 0) is 23.2 Å². The number of aliphatic imine (C=N–C) groups is 1. The largest absolute Gasteiger partial charge is 0.472 e. The Morgan fingerprint density at radius 2 is 2.11 bits per heavy atom. The second-order valence-electron chi connectivity index (χ2n) is 5.51. The molecule has 0 saturated carbocycles. The van der Waals surface area contributed by atoms with Crippen LogP contribution < -0.4 is 15.8 Å². The molecule has 2 heterocycles. The minimum atomic E-state index is 0. The number of aryl methyl sites for hydroxylation is 1. The molecular formula is C17H22ClN7O2. The average molecular weight is 392 g/mol. The van der Waals surface area contributed by atoms with Gasteiger partial charge < -0.3 is 20.8 Å². The van der Waals surface area contributed by atoms with Gasteiger partial charge in [0.25, 0.3) is 5.88 Å². The minimum absolute atomic E-state index is 0. The summed E-state index contributed by atoms with van der Waals surface area (Å²) in [6.07, 6.45) is 5.26. The van der Waals surface area contributed by atoms with Gasteiger partial charge in [0, 0.05) is 24.0 Å². The van der Waals surface area contributed by atoms with E-state index in [1.54, 1.807) is 6.33 Å². The molecule has 4 N–H and O–H groups in total. The fourth-order valence-corrected chi connectivity index (χ4v) is 2.32. The third kappa shape index (κ3) is 6.30. The lowest BCUT2D eigenvalue weighted by molar-refractivity contribution is 0.258. The second-order valence-corrected chi connectivity index (χ2v) is 5.51. The summed E-state index contributed by atoms with van der Waals surface area (Å²) >= 11 is 0. The van der Waals surface area contributed by atoms with E-state index in [1.807, 2.05) is 36.5 Å². The first-order chi connectivity index (χ1) is 12.8. The number of aromatic nitrogens is 4. The van der Waals surface area contributed by atoms with Gasteiger partial charge >= 0.3 is 0 Å². The maximum absolute atomic E-state index is 5.83. The van der Waals surface area contributed by atoms with Gasteiger partial charge in [-0.25, -0.2) is 9.61 Å². The van der Waals surface area contributed by atoms with Crippen LogP contribution in [-0.4, -0.2) is 45.9 Å². The number of benzene rings is 1. The summed E-state index contributed by atoms with van der Waals surface area (Å²) in [5.74, 6) is 0.743. The van der Waals surface area contributed by atoms with Gasteiger partial charge in [-0.2, -0.15) is 0 Å². The van der Waals surface area contributed by atoms with Crippen LogP contribution in [0.4, 0.5) is 0 Å². The maximum Gasteiger partial charge on any atom is 0.283 e. The number of hydrogen-bond acceptors (Lipinski definition) is 6. The van der Waals surface area contributed by atoms with Crippen molar-refractivity contribution in [3.63, 3.8) is 0 Å². The Kier molecular flexibility index (Phi) is 8.11. The SMILES string of the molecule is Cl.NC(=NCCCc1cnc[nH]1)NCCOc1nonc1-c1ccccc1. The van der Waals surface area contributed by atoms with Gasteiger partial charge in [-0.3, -0.25) is 4.99 Å². The lowest BCUT2D eigenvalue weighted by Crippen LogP contribution is -2.34. The molecule has 0 aliphatic heterocycles. The van der Waals surface area contributed by atoms with E-state index >= 15 is 0 Å². The number of aromatic amines is 1. The molecule has 0 fully saturated rings. The van der Waals surface area contributed by atoms with Crippen molar-refractivity contribution in [3.05, 3.63) is 48.5 Å². The van der Waals surface area contributed by atoms with Crippen molar-refractivity contribution >= 4 is 18.4 Å². The zero-order valence-corrected chi connectivity index (χ0v) is 15.5. The summed E-state index contributed by atoms with van der Waals surface area (Å²) in [4.78, 5) is 11.3. The quantitative estimate of drug-likeness (QED) is 0.288. The molecule has 0 radical (unpaired) electrons. The smallest absolute Gasteiger partial charge is 0.283 e. The molecule has 0 atom stereocenters. The van der Waals surface area contributed by atoms with Gasteiger partial charge in [0.15, 0.2) is 11.7 Å². The first-order valence-electron chi connectivity index (χ1n) is 8.35. The molecule has 0 unspecified atom stereocenters. The normalized spacial score (nSPS) is 11.0. The van der Waals surface area contributed by atoms with E-state index in [0.29, 0.717) is 37.2 Å². The fraction of sp³-hybridized carbons (Fsp3) is 0.294. The summed E-state index contributed by atoms with van der Waals surface area (Å²) in [6, 6.07) is 9.59. The van der Waals surface area contributed by atoms with Crippen LogP contribution in [0.15, 0.2) is 52.5 Å². The Morgan fingerprint density at radius 3 is 2.89 bits per heavy atom. The molecule has 27 heavy (non-hydrogen) atoms. The highest BCUT2D eigenvalue weighted by Crippen LogP contribution is 2.25. The molecule has 0 aliphatic carbocycles. The standard InChI is InChI=1S/C17H21N7O2.ClH/c18-17(20-8-4-7-14-11-19-12-22-14)21-9-10-25-16-15(23-26-24-16)13-5-2-1-3-6-13;/h1-3,5-6,11-12H,4,7-10H2,(H,19,22)(H3,18,20,21);1H. The summed E-state index contributed by atoms with van der Waals surface area (Å²) in [6.45, 7) is 1.50. The lowest BCUT2D eigenvalue weighted by Gasteiger charge is -2.06. The third-order valence-electron chi connectivity index (χ3n) is 3.59. The van der Waals surface area contributed by atoms with Crippen LogP contribution in [0.2, 0.25) is 0 Å². The maximum atomic E-state index is 5.83. The first kappa shape index (κ1) is 20.2. The number of halogens is 1. The number of H-pyrrole nitrogens is 1. The predicted octanol–water partition coefficient (Wildman–Crippen LogP) is 1.80. The molecule has 3 aromatic rings. The van der Waals surface area contributed by atoms with Gasteiger partial charge in [0.1, 0.15) is 6.61 Å². The molecule has 3 rings (SSSR count). The number of nitrogens with one attached hydrogen (secondary N) is 2. The molecular weight excluding hydrogens is 370 g/mol. The molecule has 10 heteroatoms. The fourth-order valence-electron chi connectivity index (χ4n) is 2.32. The van der Waals surface area contributed by atoms with Crippen LogP contribution in [0, 0.1) is 0 Å². The molecule has 9 nitrogen and oxygen atoms in total. The lowest BCUT2D eigenvalue weighted by atomic mass is 10.2. The van der Waals surface area contributed by atoms with E-state index in [-0.39, 0.29) is 12.4 Å². The third-order valence-corrected chi connectivity index (χ3v) is 3.59. The minimum Gasteiger partial charge on any atom is -0.472 e. The van der Waals surface area contributed by atoms with Crippen LogP contribution in [0.5, 0.6) is 5.88 Å². The number of guanidine groups is 1. The number of nitrogens with two attached hydrogens (primary N) is 1. The van der Waals surface area contributed by atoms with Gasteiger partial charge in [0.2, 0.25) is 0 Å². The highest BCUT2D eigenvalue weighted by molar-refractivity contribution is 5.85. The van der Waals surface area contributed by atoms with Gasteiger partial charge in [0.05, 0.1) is 12.9 Å². The zero-order chi connectivity index (χ0) is 18.0. The topological polar surface area (TPSA) is 127 Å². The first-order valence-corrected chi connectivity index (χ1v) is 8.35. The van der Waals surface area contributed by atoms with Gasteiger partial charge in [-0.1, -0.05) is 30.3 Å². The Morgan fingerprint density at radius 1 is 1.26 bits per heavy atom. The van der Waals surface area contributed by atoms with Crippen LogP contribution in [0.25, 0.3) is 11.3 Å². The summed E-state index contributed by atoms with van der Waals surface area (Å²) < 4.78 is 10.4. The van der Waals surface area contributed by atoms with E-state index in [0.717, 1.165) is 24.1 Å². The van der Waals surface area contributed by atoms with E-state index in [2.05, 4.69) is 30.6 Å². The van der Waals surface area contributed by atoms with Crippen LogP contribution in [-0.2, 0) is 6.42 Å². The molecule has 0 aliphatic rings. The molecule has 144 valence electrons.